The highest BCUT2D eigenvalue weighted by Crippen LogP contribution is 2.39. The standard InChI is InChI=1S/C9H13F6NO/c1-7(2-4-16-5-3-7)17-6(8(10,11)12)9(13,14)15/h6,16H,2-5H2,1H3. The van der Waals surface area contributed by atoms with Gasteiger partial charge >= 0.3 is 12.4 Å². The van der Waals surface area contributed by atoms with Gasteiger partial charge in [-0.05, 0) is 32.9 Å². The summed E-state index contributed by atoms with van der Waals surface area (Å²) in [7, 11) is 0. The Hall–Kier alpha value is -0.500. The molecule has 8 heteroatoms. The predicted octanol–water partition coefficient (Wildman–Crippen LogP) is 2.64. The van der Waals surface area contributed by atoms with E-state index in [0.29, 0.717) is 13.1 Å². The quantitative estimate of drug-likeness (QED) is 0.775. The van der Waals surface area contributed by atoms with E-state index in [2.05, 4.69) is 10.1 Å². The van der Waals surface area contributed by atoms with Gasteiger partial charge in [-0.2, -0.15) is 26.3 Å². The highest BCUT2D eigenvalue weighted by Gasteiger charge is 2.60. The Balaban J connectivity index is 2.79. The van der Waals surface area contributed by atoms with Crippen LogP contribution >= 0.6 is 0 Å². The van der Waals surface area contributed by atoms with Gasteiger partial charge in [0.2, 0.25) is 6.10 Å². The number of piperidine rings is 1. The lowest BCUT2D eigenvalue weighted by Gasteiger charge is -2.38. The summed E-state index contributed by atoms with van der Waals surface area (Å²) in [5.74, 6) is 0. The van der Waals surface area contributed by atoms with Crippen LogP contribution in [0.1, 0.15) is 19.8 Å². The van der Waals surface area contributed by atoms with Crippen LogP contribution in [0.2, 0.25) is 0 Å². The lowest BCUT2D eigenvalue weighted by atomic mass is 9.94. The van der Waals surface area contributed by atoms with E-state index in [1.807, 2.05) is 0 Å². The summed E-state index contributed by atoms with van der Waals surface area (Å²) < 4.78 is 78.0. The molecule has 0 radical (unpaired) electrons. The van der Waals surface area contributed by atoms with Gasteiger partial charge in [0.25, 0.3) is 0 Å². The lowest BCUT2D eigenvalue weighted by Crippen LogP contribution is -2.52. The topological polar surface area (TPSA) is 21.3 Å². The largest absolute Gasteiger partial charge is 0.423 e. The maximum atomic E-state index is 12.3. The zero-order valence-electron chi connectivity index (χ0n) is 9.08. The second-order valence-corrected chi connectivity index (χ2v) is 4.28. The molecule has 0 aromatic carbocycles. The van der Waals surface area contributed by atoms with E-state index in [9.17, 15) is 26.3 Å². The Labute approximate surface area is 94.3 Å². The first kappa shape index (κ1) is 14.6. The molecule has 2 nitrogen and oxygen atoms in total. The van der Waals surface area contributed by atoms with E-state index in [1.54, 1.807) is 0 Å². The van der Waals surface area contributed by atoms with Gasteiger partial charge in [0.05, 0.1) is 5.60 Å². The molecule has 1 aliphatic heterocycles. The SMILES string of the molecule is CC1(OC(C(F)(F)F)C(F)(F)F)CCNCC1. The van der Waals surface area contributed by atoms with Crippen molar-refractivity contribution in [1.82, 2.24) is 5.32 Å². The van der Waals surface area contributed by atoms with E-state index >= 15 is 0 Å². The minimum absolute atomic E-state index is 0.121. The fourth-order valence-corrected chi connectivity index (χ4v) is 1.68. The molecule has 0 amide bonds. The van der Waals surface area contributed by atoms with Crippen molar-refractivity contribution < 1.29 is 31.1 Å². The van der Waals surface area contributed by atoms with Crippen molar-refractivity contribution in [2.75, 3.05) is 13.1 Å². The molecule has 0 aromatic rings. The van der Waals surface area contributed by atoms with Crippen LogP contribution in [0, 0.1) is 0 Å². The second kappa shape index (κ2) is 4.64. The molecule has 0 bridgehead atoms. The molecular formula is C9H13F6NO. The Morgan fingerprint density at radius 2 is 1.41 bits per heavy atom. The summed E-state index contributed by atoms with van der Waals surface area (Å²) in [5.41, 5.74) is -1.39. The van der Waals surface area contributed by atoms with Gasteiger partial charge in [0.15, 0.2) is 0 Å². The molecule has 17 heavy (non-hydrogen) atoms. The number of hydrogen-bond acceptors (Lipinski definition) is 2. The van der Waals surface area contributed by atoms with Crippen molar-refractivity contribution in [3.8, 4) is 0 Å². The van der Waals surface area contributed by atoms with Crippen molar-refractivity contribution in [2.24, 2.45) is 0 Å². The van der Waals surface area contributed by atoms with Crippen LogP contribution in [0.15, 0.2) is 0 Å². The Bertz CT molecular complexity index is 241. The fraction of sp³-hybridized carbons (Fsp3) is 1.00. The monoisotopic (exact) mass is 265 g/mol. The number of halogens is 6. The zero-order chi connectivity index (χ0) is 13.3. The van der Waals surface area contributed by atoms with Crippen molar-refractivity contribution in [1.29, 1.82) is 0 Å². The van der Waals surface area contributed by atoms with E-state index in [1.165, 1.54) is 6.92 Å². The van der Waals surface area contributed by atoms with E-state index in [-0.39, 0.29) is 12.8 Å². The minimum atomic E-state index is -5.44. The summed E-state index contributed by atoms with van der Waals surface area (Å²) in [5, 5.41) is 2.85. The number of nitrogens with one attached hydrogen (secondary N) is 1. The lowest BCUT2D eigenvalue weighted by molar-refractivity contribution is -0.345. The molecule has 1 saturated heterocycles. The van der Waals surface area contributed by atoms with E-state index in [0.717, 1.165) is 0 Å². The van der Waals surface area contributed by atoms with E-state index in [4.69, 9.17) is 0 Å². The first-order valence-electron chi connectivity index (χ1n) is 5.07. The predicted molar refractivity (Wildman–Crippen MR) is 47.5 cm³/mol. The van der Waals surface area contributed by atoms with Crippen molar-refractivity contribution >= 4 is 0 Å². The van der Waals surface area contributed by atoms with Crippen LogP contribution in [0.25, 0.3) is 0 Å². The highest BCUT2D eigenvalue weighted by molar-refractivity contribution is 4.87. The third-order valence-corrected chi connectivity index (χ3v) is 2.66. The number of ether oxygens (including phenoxy) is 1. The highest BCUT2D eigenvalue weighted by atomic mass is 19.4. The average molecular weight is 265 g/mol. The fourth-order valence-electron chi connectivity index (χ4n) is 1.68. The second-order valence-electron chi connectivity index (χ2n) is 4.28. The summed E-state index contributed by atoms with van der Waals surface area (Å²) >= 11 is 0. The summed E-state index contributed by atoms with van der Waals surface area (Å²) in [6, 6.07) is 0. The molecule has 102 valence electrons. The third kappa shape index (κ3) is 4.02. The van der Waals surface area contributed by atoms with Crippen molar-refractivity contribution in [2.45, 2.75) is 43.8 Å². The molecule has 1 aliphatic rings. The smallest absolute Gasteiger partial charge is 0.354 e. The molecule has 0 aromatic heterocycles. The van der Waals surface area contributed by atoms with Crippen LogP contribution in [0.4, 0.5) is 26.3 Å². The van der Waals surface area contributed by atoms with Crippen LogP contribution in [-0.2, 0) is 4.74 Å². The van der Waals surface area contributed by atoms with Gasteiger partial charge in [-0.1, -0.05) is 0 Å². The summed E-state index contributed by atoms with van der Waals surface area (Å²) in [6.07, 6.45) is -14.3. The molecule has 0 aliphatic carbocycles. The van der Waals surface area contributed by atoms with Crippen LogP contribution in [0.5, 0.6) is 0 Å². The molecule has 0 saturated carbocycles. The van der Waals surface area contributed by atoms with Gasteiger partial charge < -0.3 is 10.1 Å². The maximum Gasteiger partial charge on any atom is 0.423 e. The summed E-state index contributed by atoms with van der Waals surface area (Å²) in [6.45, 7) is 1.97. The number of rotatable bonds is 2. The van der Waals surface area contributed by atoms with Crippen molar-refractivity contribution in [3.05, 3.63) is 0 Å². The average Bonchev–Trinajstić information content (AvgIpc) is 2.12. The first-order chi connectivity index (χ1) is 7.55. The maximum absolute atomic E-state index is 12.3. The number of hydrogen-bond donors (Lipinski definition) is 1. The Kier molecular flexibility index (Phi) is 3.97. The number of alkyl halides is 6. The van der Waals surface area contributed by atoms with Crippen LogP contribution < -0.4 is 5.32 Å². The van der Waals surface area contributed by atoms with Gasteiger partial charge in [-0.25, -0.2) is 0 Å². The molecule has 0 unspecified atom stereocenters. The first-order valence-corrected chi connectivity index (χ1v) is 5.07. The molecule has 1 N–H and O–H groups in total. The van der Waals surface area contributed by atoms with Crippen LogP contribution in [0.3, 0.4) is 0 Å². The molecule has 1 heterocycles. The molecule has 1 fully saturated rings. The molecular weight excluding hydrogens is 252 g/mol. The Morgan fingerprint density at radius 1 is 1.00 bits per heavy atom. The molecule has 0 atom stereocenters. The third-order valence-electron chi connectivity index (χ3n) is 2.66. The van der Waals surface area contributed by atoms with Gasteiger partial charge in [-0.3, -0.25) is 0 Å². The summed E-state index contributed by atoms with van der Waals surface area (Å²) in [4.78, 5) is 0. The van der Waals surface area contributed by atoms with Gasteiger partial charge in [0.1, 0.15) is 0 Å². The molecule has 0 spiro atoms. The van der Waals surface area contributed by atoms with Gasteiger partial charge in [-0.15, -0.1) is 0 Å². The minimum Gasteiger partial charge on any atom is -0.354 e. The Morgan fingerprint density at radius 3 is 1.76 bits per heavy atom. The molecule has 1 rings (SSSR count). The normalized spacial score (nSPS) is 21.9. The van der Waals surface area contributed by atoms with Crippen molar-refractivity contribution in [3.63, 3.8) is 0 Å². The van der Waals surface area contributed by atoms with E-state index < -0.39 is 24.1 Å². The van der Waals surface area contributed by atoms with Crippen LogP contribution in [-0.4, -0.2) is 37.1 Å². The zero-order valence-corrected chi connectivity index (χ0v) is 9.08. The van der Waals surface area contributed by atoms with Gasteiger partial charge in [0, 0.05) is 0 Å².